The van der Waals surface area contributed by atoms with E-state index in [1.807, 2.05) is 18.2 Å². The molecule has 2 nitrogen and oxygen atoms in total. The molecule has 1 aliphatic heterocycles. The molecule has 2 rings (SSSR count). The van der Waals surface area contributed by atoms with Crippen LogP contribution < -0.4 is 0 Å². The van der Waals surface area contributed by atoms with Crippen LogP contribution in [0.15, 0.2) is 35.3 Å². The quantitative estimate of drug-likeness (QED) is 0.785. The van der Waals surface area contributed by atoms with Crippen molar-refractivity contribution >= 4 is 25.5 Å². The maximum atomic E-state index is 11.6. The van der Waals surface area contributed by atoms with E-state index in [9.17, 15) is 4.79 Å². The van der Waals surface area contributed by atoms with Gasteiger partial charge in [0, 0.05) is 0 Å². The molecule has 0 saturated carbocycles. The predicted molar refractivity (Wildman–Crippen MR) is 71.6 cm³/mol. The first-order valence-corrected chi connectivity index (χ1v) is 7.97. The van der Waals surface area contributed by atoms with E-state index >= 15 is 0 Å². The van der Waals surface area contributed by atoms with Gasteiger partial charge in [0.2, 0.25) is 0 Å². The number of carbonyl (C=O) groups excluding carboxylic acids is 1. The second-order valence-corrected chi connectivity index (χ2v) is 6.97. The normalized spacial score (nSPS) is 20.2. The van der Waals surface area contributed by atoms with Gasteiger partial charge in [0.05, 0.1) is 0 Å². The fourth-order valence-electron chi connectivity index (χ4n) is 1.89. The molecule has 0 bridgehead atoms. The van der Waals surface area contributed by atoms with Crippen molar-refractivity contribution < 1.29 is 4.79 Å². The number of nitrogens with zero attached hydrogens (tertiary/aromatic N) is 1. The Hall–Kier alpha value is -0.921. The Balaban J connectivity index is 2.10. The van der Waals surface area contributed by atoms with Crippen molar-refractivity contribution in [2.24, 2.45) is 4.99 Å². The van der Waals surface area contributed by atoms with Gasteiger partial charge in [-0.15, -0.1) is 0 Å². The molecule has 1 aromatic carbocycles. The summed E-state index contributed by atoms with van der Waals surface area (Å²) in [6, 6.07) is 10.1. The maximum absolute atomic E-state index is 11.6. The molecule has 0 N–H and O–H groups in total. The van der Waals surface area contributed by atoms with Gasteiger partial charge in [-0.25, -0.2) is 0 Å². The van der Waals surface area contributed by atoms with Crippen LogP contribution in [0.5, 0.6) is 0 Å². The zero-order chi connectivity index (χ0) is 12.1. The zero-order valence-corrected chi connectivity index (χ0v) is 11.8. The third-order valence-corrected chi connectivity index (χ3v) is 5.51. The van der Waals surface area contributed by atoms with Crippen molar-refractivity contribution in [1.82, 2.24) is 0 Å². The molecule has 0 aliphatic carbocycles. The Labute approximate surface area is 109 Å². The van der Waals surface area contributed by atoms with Crippen LogP contribution in [0.4, 0.5) is 0 Å². The summed E-state index contributed by atoms with van der Waals surface area (Å²) < 4.78 is 1.04. The third kappa shape index (κ3) is 3.52. The van der Waals surface area contributed by atoms with Crippen molar-refractivity contribution in [3.8, 4) is 0 Å². The minimum absolute atomic E-state index is 0.0677. The molecule has 3 heteroatoms. The van der Waals surface area contributed by atoms with Crippen molar-refractivity contribution in [1.29, 1.82) is 0 Å². The Morgan fingerprint density at radius 3 is 2.82 bits per heavy atom. The molecule has 0 aromatic heterocycles. The summed E-state index contributed by atoms with van der Waals surface area (Å²) in [5.74, 6) is 0.0677. The molecule has 0 saturated heterocycles. The molecule has 0 unspecified atom stereocenters. The third-order valence-electron chi connectivity index (χ3n) is 2.81. The van der Waals surface area contributed by atoms with Crippen LogP contribution in [0.3, 0.4) is 0 Å². The number of benzene rings is 1. The molecule has 90 valence electrons. The van der Waals surface area contributed by atoms with Gasteiger partial charge in [0.1, 0.15) is 0 Å². The van der Waals surface area contributed by atoms with Gasteiger partial charge < -0.3 is 0 Å². The van der Waals surface area contributed by atoms with Crippen LogP contribution in [0, 0.1) is 0 Å². The summed E-state index contributed by atoms with van der Waals surface area (Å²) >= 11 is 0.352. The van der Waals surface area contributed by atoms with Gasteiger partial charge in [-0.2, -0.15) is 0 Å². The number of rotatable bonds is 4. The minimum atomic E-state index is 0.0677. The van der Waals surface area contributed by atoms with Crippen LogP contribution in [0.25, 0.3) is 0 Å². The second kappa shape index (κ2) is 6.13. The summed E-state index contributed by atoms with van der Waals surface area (Å²) in [6.07, 6.45) is 4.27. The first-order valence-electron chi connectivity index (χ1n) is 6.13. The van der Waals surface area contributed by atoms with Crippen molar-refractivity contribution in [3.63, 3.8) is 0 Å². The first-order chi connectivity index (χ1) is 8.29. The predicted octanol–water partition coefficient (Wildman–Crippen LogP) is 3.05. The molecule has 0 radical (unpaired) electrons. The number of hydrogen-bond acceptors (Lipinski definition) is 1. The van der Waals surface area contributed by atoms with E-state index in [0.717, 1.165) is 10.2 Å². The van der Waals surface area contributed by atoms with Gasteiger partial charge in [0.15, 0.2) is 0 Å². The molecular weight excluding hydrogens is 277 g/mol. The second-order valence-electron chi connectivity index (χ2n) is 4.26. The molecule has 1 heterocycles. The molecule has 0 spiro atoms. The number of amides is 1. The number of carbonyl (C=O) groups is 1. The standard InChI is InChI=1S/C14H17NOSe/c1-2-3-9-12-10-13(16)15-14(17-12)11-7-5-4-6-8-11/h4-8,12H,2-3,9-10H2,1H3/t12-/m0/s1. The average Bonchev–Trinajstić information content (AvgIpc) is 2.37. The van der Waals surface area contributed by atoms with E-state index in [4.69, 9.17) is 0 Å². The van der Waals surface area contributed by atoms with Crippen molar-refractivity contribution in [2.45, 2.75) is 37.4 Å². The molecule has 1 atom stereocenters. The van der Waals surface area contributed by atoms with E-state index in [-0.39, 0.29) is 5.91 Å². The van der Waals surface area contributed by atoms with E-state index < -0.39 is 0 Å². The number of unbranched alkanes of at least 4 members (excludes halogenated alkanes) is 1. The molecule has 17 heavy (non-hydrogen) atoms. The Morgan fingerprint density at radius 1 is 1.35 bits per heavy atom. The van der Waals surface area contributed by atoms with Gasteiger partial charge in [-0.05, 0) is 0 Å². The van der Waals surface area contributed by atoms with Crippen LogP contribution in [0.1, 0.15) is 38.2 Å². The SMILES string of the molecule is CCCC[C@H]1CC(=O)N=C(c2ccccc2)[Se]1. The number of hydrogen-bond donors (Lipinski definition) is 0. The van der Waals surface area contributed by atoms with E-state index in [2.05, 4.69) is 24.0 Å². The topological polar surface area (TPSA) is 29.4 Å². The van der Waals surface area contributed by atoms with Crippen LogP contribution in [-0.4, -0.2) is 25.5 Å². The Kier molecular flexibility index (Phi) is 4.52. The van der Waals surface area contributed by atoms with Crippen LogP contribution >= 0.6 is 0 Å². The number of aliphatic imine (C=N–C) groups is 1. The van der Waals surface area contributed by atoms with Gasteiger partial charge >= 0.3 is 109 Å². The summed E-state index contributed by atoms with van der Waals surface area (Å²) in [7, 11) is 0. The molecule has 1 aromatic rings. The zero-order valence-electron chi connectivity index (χ0n) is 10.1. The molecular formula is C14H17NOSe. The Bertz CT molecular complexity index is 413. The summed E-state index contributed by atoms with van der Waals surface area (Å²) in [4.78, 5) is 16.4. The van der Waals surface area contributed by atoms with E-state index in [1.165, 1.54) is 19.3 Å². The van der Waals surface area contributed by atoms with Gasteiger partial charge in [-0.3, -0.25) is 0 Å². The van der Waals surface area contributed by atoms with Gasteiger partial charge in [-0.1, -0.05) is 0 Å². The molecule has 1 amide bonds. The Morgan fingerprint density at radius 2 is 2.12 bits per heavy atom. The molecule has 1 aliphatic rings. The summed E-state index contributed by atoms with van der Waals surface area (Å²) in [5.41, 5.74) is 1.13. The van der Waals surface area contributed by atoms with E-state index in [1.54, 1.807) is 0 Å². The first kappa shape index (κ1) is 12.5. The summed E-state index contributed by atoms with van der Waals surface area (Å²) in [5, 5.41) is 0. The molecule has 0 fully saturated rings. The van der Waals surface area contributed by atoms with Crippen molar-refractivity contribution in [2.75, 3.05) is 0 Å². The fourth-order valence-corrected chi connectivity index (χ4v) is 4.51. The van der Waals surface area contributed by atoms with E-state index in [0.29, 0.717) is 26.2 Å². The van der Waals surface area contributed by atoms with Crippen LogP contribution in [-0.2, 0) is 4.79 Å². The average molecular weight is 294 g/mol. The van der Waals surface area contributed by atoms with Crippen LogP contribution in [0.2, 0.25) is 4.82 Å². The monoisotopic (exact) mass is 295 g/mol. The summed E-state index contributed by atoms with van der Waals surface area (Å²) in [6.45, 7) is 2.20. The van der Waals surface area contributed by atoms with Crippen molar-refractivity contribution in [3.05, 3.63) is 35.9 Å². The fraction of sp³-hybridized carbons (Fsp3) is 0.429. The van der Waals surface area contributed by atoms with Gasteiger partial charge in [0.25, 0.3) is 0 Å².